The highest BCUT2D eigenvalue weighted by Gasteiger charge is 2.16. The summed E-state index contributed by atoms with van der Waals surface area (Å²) < 4.78 is 2.68. The number of hydrogen-bond acceptors (Lipinski definition) is 1. The quantitative estimate of drug-likeness (QED) is 0.188. The first-order valence-electron chi connectivity index (χ1n) is 14.8. The lowest BCUT2D eigenvalue weighted by Gasteiger charge is -2.18. The molecule has 0 unspecified atom stereocenters. The van der Waals surface area contributed by atoms with Gasteiger partial charge in [0.05, 0.1) is 0 Å². The number of benzene rings is 8. The second kappa shape index (κ2) is 9.66. The predicted molar refractivity (Wildman–Crippen MR) is 188 cm³/mol. The molecule has 9 rings (SSSR count). The van der Waals surface area contributed by atoms with Gasteiger partial charge in [-0.2, -0.15) is 0 Å². The summed E-state index contributed by atoms with van der Waals surface area (Å²) in [5.41, 5.74) is 7.57. The van der Waals surface area contributed by atoms with E-state index in [-0.39, 0.29) is 0 Å². The van der Waals surface area contributed by atoms with Gasteiger partial charge in [-0.15, -0.1) is 11.3 Å². The Morgan fingerprint density at radius 1 is 0.302 bits per heavy atom. The molecular formula is C42H26S. The lowest BCUT2D eigenvalue weighted by Crippen LogP contribution is -1.90. The zero-order valence-corrected chi connectivity index (χ0v) is 24.2. The zero-order valence-electron chi connectivity index (χ0n) is 23.4. The van der Waals surface area contributed by atoms with Crippen LogP contribution in [-0.4, -0.2) is 0 Å². The molecule has 0 aliphatic rings. The van der Waals surface area contributed by atoms with Crippen LogP contribution < -0.4 is 0 Å². The first-order chi connectivity index (χ1) is 21.3. The van der Waals surface area contributed by atoms with E-state index in [1.165, 1.54) is 85.9 Å². The van der Waals surface area contributed by atoms with Gasteiger partial charge in [-0.1, -0.05) is 140 Å². The van der Waals surface area contributed by atoms with E-state index in [0.29, 0.717) is 0 Å². The molecule has 1 heterocycles. The van der Waals surface area contributed by atoms with Gasteiger partial charge in [0.15, 0.2) is 0 Å². The van der Waals surface area contributed by atoms with Crippen LogP contribution in [0.15, 0.2) is 158 Å². The fraction of sp³-hybridized carbons (Fsp3) is 0. The monoisotopic (exact) mass is 562 g/mol. The van der Waals surface area contributed by atoms with E-state index in [9.17, 15) is 0 Å². The molecular weight excluding hydrogens is 537 g/mol. The molecule has 0 atom stereocenters. The van der Waals surface area contributed by atoms with Crippen molar-refractivity contribution in [3.63, 3.8) is 0 Å². The summed E-state index contributed by atoms with van der Waals surface area (Å²) in [6.07, 6.45) is 0. The Labute approximate surface area is 254 Å². The van der Waals surface area contributed by atoms with Crippen LogP contribution in [0.5, 0.6) is 0 Å². The molecule has 0 fully saturated rings. The maximum Gasteiger partial charge on any atom is 0.0361 e. The van der Waals surface area contributed by atoms with E-state index in [1.54, 1.807) is 0 Å². The summed E-state index contributed by atoms with van der Waals surface area (Å²) >= 11 is 1.88. The minimum absolute atomic E-state index is 1.24. The molecule has 0 aliphatic heterocycles. The molecule has 0 spiro atoms. The van der Waals surface area contributed by atoms with Gasteiger partial charge in [0.25, 0.3) is 0 Å². The molecule has 1 aromatic heterocycles. The van der Waals surface area contributed by atoms with E-state index in [1.807, 2.05) is 11.3 Å². The second-order valence-corrected chi connectivity index (χ2v) is 12.3. The largest absolute Gasteiger partial charge is 0.135 e. The van der Waals surface area contributed by atoms with Crippen LogP contribution in [0.3, 0.4) is 0 Å². The van der Waals surface area contributed by atoms with E-state index >= 15 is 0 Å². The molecule has 0 saturated heterocycles. The average molecular weight is 563 g/mol. The summed E-state index contributed by atoms with van der Waals surface area (Å²) in [5, 5.41) is 10.5. The Kier molecular flexibility index (Phi) is 5.47. The Hall–Kier alpha value is -5.24. The van der Waals surface area contributed by atoms with Crippen LogP contribution >= 0.6 is 11.3 Å². The topological polar surface area (TPSA) is 0 Å². The molecule has 9 aromatic rings. The molecule has 200 valence electrons. The molecule has 0 N–H and O–H groups in total. The van der Waals surface area contributed by atoms with Crippen LogP contribution in [0.4, 0.5) is 0 Å². The van der Waals surface area contributed by atoms with Crippen molar-refractivity contribution in [2.75, 3.05) is 0 Å². The summed E-state index contributed by atoms with van der Waals surface area (Å²) in [5.74, 6) is 0. The van der Waals surface area contributed by atoms with Crippen LogP contribution in [0.1, 0.15) is 0 Å². The van der Waals surface area contributed by atoms with Gasteiger partial charge in [0.1, 0.15) is 0 Å². The molecule has 0 bridgehead atoms. The van der Waals surface area contributed by atoms with Crippen molar-refractivity contribution in [1.29, 1.82) is 0 Å². The second-order valence-electron chi connectivity index (χ2n) is 11.3. The number of hydrogen-bond donors (Lipinski definition) is 0. The number of fused-ring (bicyclic) bond motifs is 7. The van der Waals surface area contributed by atoms with Crippen molar-refractivity contribution >= 4 is 63.8 Å². The lowest BCUT2D eigenvalue weighted by molar-refractivity contribution is 1.63. The summed E-state index contributed by atoms with van der Waals surface area (Å²) in [6.45, 7) is 0. The van der Waals surface area contributed by atoms with Gasteiger partial charge in [0.2, 0.25) is 0 Å². The Morgan fingerprint density at radius 3 is 1.44 bits per heavy atom. The van der Waals surface area contributed by atoms with E-state index in [2.05, 4.69) is 158 Å². The van der Waals surface area contributed by atoms with Crippen LogP contribution in [0.25, 0.3) is 85.9 Å². The normalized spacial score (nSPS) is 11.7. The molecule has 0 amide bonds. The fourth-order valence-corrected chi connectivity index (χ4v) is 8.01. The molecule has 0 nitrogen and oxygen atoms in total. The Bertz CT molecular complexity index is 2420. The maximum atomic E-state index is 2.38. The lowest BCUT2D eigenvalue weighted by atomic mass is 9.86. The summed E-state index contributed by atoms with van der Waals surface area (Å²) in [7, 11) is 0. The van der Waals surface area contributed by atoms with Crippen molar-refractivity contribution in [3.8, 4) is 33.4 Å². The predicted octanol–water partition coefficient (Wildman–Crippen LogP) is 12.5. The van der Waals surface area contributed by atoms with Gasteiger partial charge in [-0.05, 0) is 83.9 Å². The van der Waals surface area contributed by atoms with E-state index in [4.69, 9.17) is 0 Å². The van der Waals surface area contributed by atoms with Crippen molar-refractivity contribution in [3.05, 3.63) is 158 Å². The third-order valence-electron chi connectivity index (χ3n) is 8.86. The van der Waals surface area contributed by atoms with Crippen molar-refractivity contribution in [2.24, 2.45) is 0 Å². The van der Waals surface area contributed by atoms with Crippen LogP contribution in [0.2, 0.25) is 0 Å². The molecule has 0 aliphatic carbocycles. The minimum Gasteiger partial charge on any atom is -0.135 e. The fourth-order valence-electron chi connectivity index (χ4n) is 6.91. The van der Waals surface area contributed by atoms with E-state index in [0.717, 1.165) is 0 Å². The molecule has 0 radical (unpaired) electrons. The van der Waals surface area contributed by atoms with Gasteiger partial charge in [-0.3, -0.25) is 0 Å². The van der Waals surface area contributed by atoms with Gasteiger partial charge >= 0.3 is 0 Å². The third-order valence-corrected chi connectivity index (χ3v) is 10.00. The van der Waals surface area contributed by atoms with Crippen molar-refractivity contribution in [1.82, 2.24) is 0 Å². The van der Waals surface area contributed by atoms with Crippen LogP contribution in [0, 0.1) is 0 Å². The van der Waals surface area contributed by atoms with Crippen molar-refractivity contribution in [2.45, 2.75) is 0 Å². The molecule has 8 aromatic carbocycles. The maximum absolute atomic E-state index is 2.38. The Balaban J connectivity index is 1.22. The first kappa shape index (κ1) is 24.4. The third kappa shape index (κ3) is 3.82. The highest BCUT2D eigenvalue weighted by molar-refractivity contribution is 7.26. The summed E-state index contributed by atoms with van der Waals surface area (Å²) in [4.78, 5) is 0. The number of rotatable bonds is 3. The highest BCUT2D eigenvalue weighted by atomic mass is 32.1. The SMILES string of the molecule is c1ccc(-c2c3ccccc3c(-c3ccc(-c4ccc5sc6ccc7ccccc7c6c5c4)cc3)c3ccccc23)cc1. The van der Waals surface area contributed by atoms with Crippen molar-refractivity contribution < 1.29 is 0 Å². The van der Waals surface area contributed by atoms with Crippen LogP contribution in [-0.2, 0) is 0 Å². The zero-order chi connectivity index (χ0) is 28.3. The average Bonchev–Trinajstić information content (AvgIpc) is 3.46. The standard InChI is InChI=1S/C42H26S/c1-2-11-29(12-3-1)40-33-14-6-8-16-35(33)41(36-17-9-7-15-34(36)40)30-20-18-27(19-21-30)31-23-24-38-37(26-31)42-32-13-5-4-10-28(32)22-25-39(42)43-38/h1-26H. The van der Waals surface area contributed by atoms with Gasteiger partial charge < -0.3 is 0 Å². The minimum atomic E-state index is 1.24. The highest BCUT2D eigenvalue weighted by Crippen LogP contribution is 2.44. The van der Waals surface area contributed by atoms with Gasteiger partial charge in [0, 0.05) is 20.2 Å². The summed E-state index contributed by atoms with van der Waals surface area (Å²) in [6, 6.07) is 57.9. The number of thiophene rings is 1. The van der Waals surface area contributed by atoms with Gasteiger partial charge in [-0.25, -0.2) is 0 Å². The first-order valence-corrected chi connectivity index (χ1v) is 15.6. The molecule has 43 heavy (non-hydrogen) atoms. The Morgan fingerprint density at radius 2 is 0.791 bits per heavy atom. The molecule has 1 heteroatoms. The molecule has 0 saturated carbocycles. The van der Waals surface area contributed by atoms with E-state index < -0.39 is 0 Å². The smallest absolute Gasteiger partial charge is 0.0361 e.